The Labute approximate surface area is 130 Å². The molecule has 0 aliphatic carbocycles. The average Bonchev–Trinajstić information content (AvgIpc) is 2.35. The topological polar surface area (TPSA) is 110 Å². The number of fused-ring (bicyclic) bond motifs is 2. The van der Waals surface area contributed by atoms with E-state index in [2.05, 4.69) is 0 Å². The Balaban J connectivity index is 0.00000180. The number of hydrogen-bond acceptors (Lipinski definition) is 7. The normalized spacial score (nSPS) is 15.2. The molecule has 2 rings (SSSR count). The first-order chi connectivity index (χ1) is 8.38. The molecule has 0 spiro atoms. The van der Waals surface area contributed by atoms with Gasteiger partial charge >= 0.3 is 41.5 Å². The molecule has 1 heterocycles. The van der Waals surface area contributed by atoms with Gasteiger partial charge in [0.1, 0.15) is 23.3 Å². The van der Waals surface area contributed by atoms with Crippen LogP contribution in [0.1, 0.15) is 20.7 Å². The van der Waals surface area contributed by atoms with E-state index in [4.69, 9.17) is 9.47 Å². The molecule has 0 N–H and O–H groups in total. The summed E-state index contributed by atoms with van der Waals surface area (Å²) in [5.74, 6) is -1.64. The third-order valence-corrected chi connectivity index (χ3v) is 3.03. The molecule has 1 aliphatic rings. The molecule has 2 bridgehead atoms. The number of cyclic esters (lactones) is 2. The van der Waals surface area contributed by atoms with Gasteiger partial charge in [-0.3, -0.25) is 0 Å². The van der Waals surface area contributed by atoms with Crippen LogP contribution in [0.5, 0.6) is 0 Å². The predicted octanol–water partition coefficient (Wildman–Crippen LogP) is -3.08. The second-order valence-electron chi connectivity index (χ2n) is 3.47. The van der Waals surface area contributed by atoms with E-state index in [1.54, 1.807) is 0 Å². The monoisotopic (exact) mass is 294 g/mol. The van der Waals surface area contributed by atoms with Crippen molar-refractivity contribution in [1.29, 1.82) is 0 Å². The van der Waals surface area contributed by atoms with Crippen LogP contribution >= 0.6 is 0 Å². The van der Waals surface area contributed by atoms with Crippen molar-refractivity contribution in [3.63, 3.8) is 0 Å². The Morgan fingerprint density at radius 1 is 0.947 bits per heavy atom. The molecule has 96 valence electrons. The summed E-state index contributed by atoms with van der Waals surface area (Å²) >= 11 is 0. The molecule has 0 saturated heterocycles. The number of ether oxygens (including phenoxy) is 2. The van der Waals surface area contributed by atoms with Crippen molar-refractivity contribution in [3.05, 3.63) is 29.3 Å². The number of benzene rings is 1. The Kier molecular flexibility index (Phi) is 5.11. The second-order valence-corrected chi connectivity index (χ2v) is 4.85. The minimum Gasteiger partial charge on any atom is -0.744 e. The van der Waals surface area contributed by atoms with Gasteiger partial charge in [0.2, 0.25) is 0 Å². The van der Waals surface area contributed by atoms with Gasteiger partial charge < -0.3 is 14.0 Å². The molecule has 1 aromatic carbocycles. The van der Waals surface area contributed by atoms with Crippen LogP contribution < -0.4 is 29.6 Å². The fraction of sp³-hybridized carbons (Fsp3) is 0.200. The van der Waals surface area contributed by atoms with Crippen LogP contribution in [0.25, 0.3) is 0 Å². The number of rotatable bonds is 1. The second kappa shape index (κ2) is 6.02. The third kappa shape index (κ3) is 3.77. The summed E-state index contributed by atoms with van der Waals surface area (Å²) in [5.41, 5.74) is -0.360. The summed E-state index contributed by atoms with van der Waals surface area (Å²) < 4.78 is 42.2. The fourth-order valence-corrected chi connectivity index (χ4v) is 1.96. The maximum absolute atomic E-state index is 11.5. The minimum atomic E-state index is -4.78. The molecule has 0 atom stereocenters. The molecule has 7 nitrogen and oxygen atoms in total. The van der Waals surface area contributed by atoms with Crippen LogP contribution in [0.4, 0.5) is 0 Å². The molecular formula is C10H7NaO7S. The SMILES string of the molecule is O=C1OCCOC(=O)c2cc1cc(S(=O)(=O)[O-])c2.[Na+]. The van der Waals surface area contributed by atoms with E-state index in [0.29, 0.717) is 0 Å². The first-order valence-corrected chi connectivity index (χ1v) is 6.24. The largest absolute Gasteiger partial charge is 1.00 e. The van der Waals surface area contributed by atoms with E-state index >= 15 is 0 Å². The van der Waals surface area contributed by atoms with Crippen molar-refractivity contribution in [2.75, 3.05) is 13.2 Å². The zero-order chi connectivity index (χ0) is 13.3. The van der Waals surface area contributed by atoms with Gasteiger partial charge in [0.25, 0.3) is 0 Å². The van der Waals surface area contributed by atoms with Crippen LogP contribution in [0.3, 0.4) is 0 Å². The van der Waals surface area contributed by atoms with Gasteiger partial charge in [-0.05, 0) is 18.2 Å². The third-order valence-electron chi connectivity index (χ3n) is 2.22. The first kappa shape index (κ1) is 16.1. The van der Waals surface area contributed by atoms with Crippen LogP contribution in [-0.2, 0) is 19.6 Å². The summed E-state index contributed by atoms with van der Waals surface area (Å²) in [5, 5.41) is 0. The minimum absolute atomic E-state index is 0. The Hall–Kier alpha value is -0.930. The maximum atomic E-state index is 11.5. The molecule has 9 heteroatoms. The Morgan fingerprint density at radius 2 is 1.37 bits per heavy atom. The fourth-order valence-electron chi connectivity index (χ4n) is 1.41. The molecule has 0 radical (unpaired) electrons. The molecule has 0 fully saturated rings. The van der Waals surface area contributed by atoms with E-state index in [1.807, 2.05) is 0 Å². The number of carbonyl (C=O) groups is 2. The van der Waals surface area contributed by atoms with Gasteiger partial charge in [-0.2, -0.15) is 0 Å². The van der Waals surface area contributed by atoms with Gasteiger partial charge in [0, 0.05) is 0 Å². The molecule has 0 saturated carbocycles. The molecule has 1 aliphatic heterocycles. The first-order valence-electron chi connectivity index (χ1n) is 4.83. The maximum Gasteiger partial charge on any atom is 1.00 e. The van der Waals surface area contributed by atoms with Gasteiger partial charge in [-0.1, -0.05) is 0 Å². The van der Waals surface area contributed by atoms with E-state index in [9.17, 15) is 22.6 Å². The van der Waals surface area contributed by atoms with E-state index < -0.39 is 27.0 Å². The van der Waals surface area contributed by atoms with E-state index in [-0.39, 0.29) is 53.9 Å². The summed E-state index contributed by atoms with van der Waals surface area (Å²) in [6, 6.07) is 2.85. The van der Waals surface area contributed by atoms with Gasteiger partial charge in [0.05, 0.1) is 16.0 Å². The van der Waals surface area contributed by atoms with Crippen LogP contribution in [0.2, 0.25) is 0 Å². The molecule has 0 aromatic heterocycles. The van der Waals surface area contributed by atoms with Crippen molar-refractivity contribution in [2.24, 2.45) is 0 Å². The summed E-state index contributed by atoms with van der Waals surface area (Å²) in [7, 11) is -4.78. The van der Waals surface area contributed by atoms with Crippen molar-refractivity contribution in [1.82, 2.24) is 0 Å². The average molecular weight is 294 g/mol. The molecule has 19 heavy (non-hydrogen) atoms. The summed E-state index contributed by atoms with van der Waals surface area (Å²) in [6.07, 6.45) is 0. The van der Waals surface area contributed by atoms with Crippen molar-refractivity contribution >= 4 is 22.1 Å². The van der Waals surface area contributed by atoms with Gasteiger partial charge in [-0.25, -0.2) is 18.0 Å². The van der Waals surface area contributed by atoms with E-state index in [1.165, 1.54) is 0 Å². The number of esters is 2. The zero-order valence-electron chi connectivity index (χ0n) is 9.91. The number of carbonyl (C=O) groups excluding carboxylic acids is 2. The molecule has 0 unspecified atom stereocenters. The van der Waals surface area contributed by atoms with Crippen molar-refractivity contribution in [3.8, 4) is 0 Å². The van der Waals surface area contributed by atoms with Crippen LogP contribution in [0.15, 0.2) is 23.1 Å². The van der Waals surface area contributed by atoms with Crippen LogP contribution in [-0.4, -0.2) is 38.1 Å². The number of hydrogen-bond donors (Lipinski definition) is 0. The quantitative estimate of drug-likeness (QED) is 0.307. The Morgan fingerprint density at radius 3 is 1.74 bits per heavy atom. The molecule has 1 aromatic rings. The summed E-state index contributed by atoms with van der Waals surface area (Å²) in [6.45, 7) is -0.273. The smallest absolute Gasteiger partial charge is 0.744 e. The van der Waals surface area contributed by atoms with Crippen molar-refractivity contribution < 1.29 is 61.6 Å². The van der Waals surface area contributed by atoms with Gasteiger partial charge in [-0.15, -0.1) is 0 Å². The van der Waals surface area contributed by atoms with Crippen LogP contribution in [0, 0.1) is 0 Å². The standard InChI is InChI=1S/C10H8O7S.Na/c11-9-6-3-7(10(12)17-2-1-16-9)5-8(4-6)18(13,14)15;/h3-5H,1-2H2,(H,13,14,15);/q;+1/p-1. The predicted molar refractivity (Wildman–Crippen MR) is 55.0 cm³/mol. The molecule has 0 amide bonds. The zero-order valence-corrected chi connectivity index (χ0v) is 12.7. The summed E-state index contributed by atoms with van der Waals surface area (Å²) in [4.78, 5) is 22.3. The Bertz CT molecular complexity index is 587. The van der Waals surface area contributed by atoms with Gasteiger partial charge in [0.15, 0.2) is 0 Å². The van der Waals surface area contributed by atoms with Crippen molar-refractivity contribution in [2.45, 2.75) is 4.90 Å². The molecular weight excluding hydrogens is 287 g/mol. The van der Waals surface area contributed by atoms with E-state index in [0.717, 1.165) is 18.2 Å².